The molecule has 1 rings (SSSR count). The first-order chi connectivity index (χ1) is 12.4. The van der Waals surface area contributed by atoms with Crippen molar-refractivity contribution in [2.24, 2.45) is 0 Å². The van der Waals surface area contributed by atoms with Crippen LogP contribution in [-0.4, -0.2) is 6.54 Å². The second-order valence-corrected chi connectivity index (χ2v) is 5.43. The third kappa shape index (κ3) is 9.29. The van der Waals surface area contributed by atoms with E-state index in [0.717, 1.165) is 16.9 Å². The highest BCUT2D eigenvalue weighted by atomic mass is 19.1. The first kappa shape index (κ1) is 22.9. The topological polar surface area (TPSA) is 45.0 Å². The van der Waals surface area contributed by atoms with Gasteiger partial charge in [0.05, 0.1) is 11.8 Å². The van der Waals surface area contributed by atoms with Crippen molar-refractivity contribution in [3.8, 4) is 11.8 Å². The summed E-state index contributed by atoms with van der Waals surface area (Å²) in [6.45, 7) is 14.8. The van der Waals surface area contributed by atoms with Crippen molar-refractivity contribution in [1.82, 2.24) is 5.32 Å². The molecule has 0 aliphatic heterocycles. The highest BCUT2D eigenvalue weighted by molar-refractivity contribution is 5.46. The summed E-state index contributed by atoms with van der Waals surface area (Å²) in [4.78, 5) is 0. The molecule has 1 aromatic carbocycles. The molecule has 4 heteroatoms. The number of nitrogens with zero attached hydrogens (tertiary/aromatic N) is 1. The molecule has 0 saturated carbocycles. The average Bonchev–Trinajstić information content (AvgIpc) is 2.65. The lowest BCUT2D eigenvalue weighted by molar-refractivity contribution is 0.430. The van der Waals surface area contributed by atoms with Crippen LogP contribution in [0.15, 0.2) is 90.1 Å². The Morgan fingerprint density at radius 2 is 1.88 bits per heavy atom. The fraction of sp³-hybridized carbons (Fsp3) is 0.227. The molecule has 0 aliphatic rings. The molecule has 0 aromatic heterocycles. The minimum Gasteiger partial charge on any atom is -0.463 e. The zero-order valence-corrected chi connectivity index (χ0v) is 16.0. The van der Waals surface area contributed by atoms with Crippen molar-refractivity contribution in [3.63, 3.8) is 0 Å². The molecule has 0 fully saturated rings. The molecule has 0 saturated heterocycles. The molecule has 138 valence electrons. The maximum atomic E-state index is 12.1. The van der Waals surface area contributed by atoms with Crippen LogP contribution in [0.4, 0.5) is 4.39 Å². The number of rotatable bonds is 7. The number of halogens is 1. The van der Waals surface area contributed by atoms with Crippen LogP contribution in [0.2, 0.25) is 0 Å². The molecule has 1 N–H and O–H groups in total. The normalized spacial score (nSPS) is 12.0. The summed E-state index contributed by atoms with van der Waals surface area (Å²) in [5.74, 6) is 1.56. The zero-order valence-electron chi connectivity index (χ0n) is 16.0. The summed E-state index contributed by atoms with van der Waals surface area (Å²) < 4.78 is 17.4. The third-order valence-corrected chi connectivity index (χ3v) is 3.24. The molecule has 0 amide bonds. The van der Waals surface area contributed by atoms with Crippen LogP contribution in [0.25, 0.3) is 0 Å². The first-order valence-corrected chi connectivity index (χ1v) is 8.17. The number of hydrogen-bond acceptors (Lipinski definition) is 3. The van der Waals surface area contributed by atoms with Crippen LogP contribution >= 0.6 is 0 Å². The van der Waals surface area contributed by atoms with E-state index in [0.29, 0.717) is 29.9 Å². The van der Waals surface area contributed by atoms with Gasteiger partial charge in [0.2, 0.25) is 0 Å². The number of ether oxygens (including phenoxy) is 1. The van der Waals surface area contributed by atoms with Crippen LogP contribution in [0.3, 0.4) is 0 Å². The quantitative estimate of drug-likeness (QED) is 0.372. The summed E-state index contributed by atoms with van der Waals surface area (Å²) in [5, 5.41) is 11.8. The van der Waals surface area contributed by atoms with E-state index in [1.807, 2.05) is 50.3 Å². The molecule has 0 unspecified atom stereocenters. The lowest BCUT2D eigenvalue weighted by Gasteiger charge is -2.11. The molecule has 26 heavy (non-hydrogen) atoms. The highest BCUT2D eigenvalue weighted by Crippen LogP contribution is 2.15. The van der Waals surface area contributed by atoms with Gasteiger partial charge in [0.25, 0.3) is 0 Å². The summed E-state index contributed by atoms with van der Waals surface area (Å²) in [7, 11) is 0. The lowest BCUT2D eigenvalue weighted by atomic mass is 10.0. The van der Waals surface area contributed by atoms with Gasteiger partial charge < -0.3 is 10.1 Å². The average molecular weight is 354 g/mol. The van der Waals surface area contributed by atoms with E-state index in [9.17, 15) is 4.39 Å². The van der Waals surface area contributed by atoms with Crippen LogP contribution < -0.4 is 10.1 Å². The van der Waals surface area contributed by atoms with Crippen molar-refractivity contribution in [2.45, 2.75) is 27.7 Å². The van der Waals surface area contributed by atoms with Crippen molar-refractivity contribution in [3.05, 3.63) is 90.1 Å². The molecular formula is C22H27FN2O. The predicted molar refractivity (Wildman–Crippen MR) is 107 cm³/mol. The smallest absolute Gasteiger partial charge is 0.126 e. The Labute approximate surface area is 156 Å². The SMILES string of the molecule is C=C(C)Oc1ccccc1.C=CC(=C\C)/C(CN/C(C)=C/F)=C(/C)C#N. The van der Waals surface area contributed by atoms with E-state index < -0.39 is 0 Å². The number of allylic oxidation sites excluding steroid dienone is 5. The molecule has 0 spiro atoms. The fourth-order valence-electron chi connectivity index (χ4n) is 1.89. The molecule has 0 bridgehead atoms. The number of benzene rings is 1. The Hall–Kier alpha value is -3.06. The van der Waals surface area contributed by atoms with Crippen LogP contribution in [0, 0.1) is 11.3 Å². The Morgan fingerprint density at radius 3 is 2.31 bits per heavy atom. The van der Waals surface area contributed by atoms with Crippen LogP contribution in [0.5, 0.6) is 5.75 Å². The van der Waals surface area contributed by atoms with E-state index in [1.165, 1.54) is 0 Å². The molecule has 0 radical (unpaired) electrons. The van der Waals surface area contributed by atoms with Crippen LogP contribution in [0.1, 0.15) is 27.7 Å². The van der Waals surface area contributed by atoms with Crippen LogP contribution in [-0.2, 0) is 0 Å². The predicted octanol–water partition coefficient (Wildman–Crippen LogP) is 5.98. The highest BCUT2D eigenvalue weighted by Gasteiger charge is 2.05. The van der Waals surface area contributed by atoms with Gasteiger partial charge in [-0.15, -0.1) is 0 Å². The summed E-state index contributed by atoms with van der Waals surface area (Å²) in [6, 6.07) is 11.7. The van der Waals surface area contributed by atoms with E-state index >= 15 is 0 Å². The number of nitriles is 1. The number of nitrogens with one attached hydrogen (secondary N) is 1. The van der Waals surface area contributed by atoms with Gasteiger partial charge in [0, 0.05) is 17.8 Å². The van der Waals surface area contributed by atoms with Gasteiger partial charge >= 0.3 is 0 Å². The van der Waals surface area contributed by atoms with Gasteiger partial charge in [-0.2, -0.15) is 5.26 Å². The maximum absolute atomic E-state index is 12.1. The largest absolute Gasteiger partial charge is 0.463 e. The summed E-state index contributed by atoms with van der Waals surface area (Å²) in [6.07, 6.45) is 4.06. The summed E-state index contributed by atoms with van der Waals surface area (Å²) >= 11 is 0. The fourth-order valence-corrected chi connectivity index (χ4v) is 1.89. The molecule has 0 aliphatic carbocycles. The van der Waals surface area contributed by atoms with Gasteiger partial charge in [-0.25, -0.2) is 4.39 Å². The Balaban J connectivity index is 0.000000531. The minimum atomic E-state index is 0.414. The zero-order chi connectivity index (χ0) is 19.9. The number of para-hydroxylation sites is 1. The van der Waals surface area contributed by atoms with Crippen molar-refractivity contribution < 1.29 is 9.13 Å². The van der Waals surface area contributed by atoms with E-state index in [1.54, 1.807) is 19.9 Å². The van der Waals surface area contributed by atoms with Crippen molar-refractivity contribution in [2.75, 3.05) is 6.54 Å². The first-order valence-electron chi connectivity index (χ1n) is 8.17. The number of hydrogen-bond donors (Lipinski definition) is 1. The van der Waals surface area contributed by atoms with Gasteiger partial charge in [-0.05, 0) is 51.0 Å². The van der Waals surface area contributed by atoms with E-state index in [4.69, 9.17) is 10.00 Å². The maximum Gasteiger partial charge on any atom is 0.126 e. The Morgan fingerprint density at radius 1 is 1.27 bits per heavy atom. The Bertz CT molecular complexity index is 722. The monoisotopic (exact) mass is 354 g/mol. The molecule has 0 atom stereocenters. The van der Waals surface area contributed by atoms with Gasteiger partial charge in [0.1, 0.15) is 12.1 Å². The van der Waals surface area contributed by atoms with E-state index in [-0.39, 0.29) is 0 Å². The molecule has 3 nitrogen and oxygen atoms in total. The third-order valence-electron chi connectivity index (χ3n) is 3.24. The second-order valence-electron chi connectivity index (χ2n) is 5.43. The Kier molecular flexibility index (Phi) is 11.7. The van der Waals surface area contributed by atoms with E-state index in [2.05, 4.69) is 24.5 Å². The lowest BCUT2D eigenvalue weighted by Crippen LogP contribution is -2.16. The molecule has 0 heterocycles. The van der Waals surface area contributed by atoms with Gasteiger partial charge in [0.15, 0.2) is 0 Å². The molecular weight excluding hydrogens is 327 g/mol. The molecule has 1 aromatic rings. The van der Waals surface area contributed by atoms with Crippen molar-refractivity contribution in [1.29, 1.82) is 5.26 Å². The second kappa shape index (κ2) is 13.3. The van der Waals surface area contributed by atoms with Crippen molar-refractivity contribution >= 4 is 0 Å². The van der Waals surface area contributed by atoms with Gasteiger partial charge in [-0.1, -0.05) is 43.5 Å². The van der Waals surface area contributed by atoms with Gasteiger partial charge in [-0.3, -0.25) is 0 Å². The summed E-state index contributed by atoms with van der Waals surface area (Å²) in [5.41, 5.74) is 2.76. The standard InChI is InChI=1S/C13H17FN2.C9H10O/c1-5-12(6-2)13(10(3)8-15)9-16-11(4)7-14;1-8(2)10-9-6-4-3-5-7-9/h5-7,16H,1,9H2,2-4H3;3-7H,1H2,2H3/b11-7+,12-6+,13-10-;. The minimum absolute atomic E-state index is 0.414.